The molecule has 3 aliphatic rings. The molecule has 126 valence electrons. The number of amides is 2. The van der Waals surface area contributed by atoms with E-state index >= 15 is 0 Å². The lowest BCUT2D eigenvalue weighted by atomic mass is 10.1. The van der Waals surface area contributed by atoms with Gasteiger partial charge in [-0.25, -0.2) is 4.79 Å². The smallest absolute Gasteiger partial charge is 0.408 e. The van der Waals surface area contributed by atoms with Crippen LogP contribution < -0.4 is 9.80 Å². The number of Topliss-reactive ketones (excluding diaryl/α,β-unsaturated/α-hetero) is 1. The molecule has 1 N–H and O–H groups in total. The van der Waals surface area contributed by atoms with Crippen LogP contribution in [0.25, 0.3) is 0 Å². The van der Waals surface area contributed by atoms with E-state index < -0.39 is 18.0 Å². The molecule has 2 aliphatic heterocycles. The summed E-state index contributed by atoms with van der Waals surface area (Å²) < 4.78 is 0. The Morgan fingerprint density at radius 1 is 1.04 bits per heavy atom. The molecule has 0 aromatic heterocycles. The Labute approximate surface area is 139 Å². The van der Waals surface area contributed by atoms with Crippen LogP contribution in [0.1, 0.15) is 19.3 Å². The van der Waals surface area contributed by atoms with E-state index in [0.29, 0.717) is 19.1 Å². The maximum Gasteiger partial charge on any atom is 0.408 e. The van der Waals surface area contributed by atoms with Crippen molar-refractivity contribution in [3.8, 4) is 0 Å². The number of anilines is 2. The summed E-state index contributed by atoms with van der Waals surface area (Å²) in [6.45, 7) is 1.28. The van der Waals surface area contributed by atoms with E-state index in [0.717, 1.165) is 29.1 Å². The van der Waals surface area contributed by atoms with Crippen LogP contribution in [-0.2, 0) is 9.59 Å². The van der Waals surface area contributed by atoms with Crippen LogP contribution in [0.2, 0.25) is 0 Å². The zero-order chi connectivity index (χ0) is 16.8. The van der Waals surface area contributed by atoms with Crippen molar-refractivity contribution >= 4 is 29.2 Å². The molecule has 0 spiro atoms. The van der Waals surface area contributed by atoms with Gasteiger partial charge in [-0.3, -0.25) is 14.5 Å². The van der Waals surface area contributed by atoms with Crippen molar-refractivity contribution in [1.29, 1.82) is 0 Å². The van der Waals surface area contributed by atoms with E-state index in [1.165, 1.54) is 0 Å². The lowest BCUT2D eigenvalue weighted by Crippen LogP contribution is -2.54. The van der Waals surface area contributed by atoms with Gasteiger partial charge in [-0.2, -0.15) is 0 Å². The number of carboxylic acid groups (broad SMARTS) is 1. The summed E-state index contributed by atoms with van der Waals surface area (Å²) in [5.41, 5.74) is 1.76. The first kappa shape index (κ1) is 15.0. The molecule has 1 atom stereocenters. The summed E-state index contributed by atoms with van der Waals surface area (Å²) >= 11 is 0. The highest BCUT2D eigenvalue weighted by atomic mass is 16.4. The SMILES string of the molecule is O=C1CCN(C(=O)O)C1C(=O)N1CCN(C2CC2)c2ccccc21. The zero-order valence-electron chi connectivity index (χ0n) is 13.2. The highest BCUT2D eigenvalue weighted by Gasteiger charge is 2.45. The van der Waals surface area contributed by atoms with Gasteiger partial charge in [0.25, 0.3) is 5.91 Å². The zero-order valence-corrected chi connectivity index (χ0v) is 13.2. The Morgan fingerprint density at radius 2 is 1.75 bits per heavy atom. The average Bonchev–Trinajstić information content (AvgIpc) is 3.34. The molecule has 2 amide bonds. The van der Waals surface area contributed by atoms with Crippen LogP contribution in [0.15, 0.2) is 24.3 Å². The maximum absolute atomic E-state index is 13.0. The normalized spacial score (nSPS) is 23.4. The second-order valence-corrected chi connectivity index (χ2v) is 6.50. The third kappa shape index (κ3) is 2.31. The standard InChI is InChI=1S/C17H19N3O4/c21-14-7-8-20(17(23)24)15(14)16(22)19-10-9-18(11-5-6-11)12-3-1-2-4-13(12)19/h1-4,11,15H,5-10H2,(H,23,24). The quantitative estimate of drug-likeness (QED) is 0.828. The molecule has 7 heteroatoms. The van der Waals surface area contributed by atoms with Crippen molar-refractivity contribution in [1.82, 2.24) is 4.90 Å². The molecule has 1 aliphatic carbocycles. The largest absolute Gasteiger partial charge is 0.465 e. The fourth-order valence-electron chi connectivity index (χ4n) is 3.67. The van der Waals surface area contributed by atoms with E-state index in [1.807, 2.05) is 24.3 Å². The molecular weight excluding hydrogens is 310 g/mol. The minimum Gasteiger partial charge on any atom is -0.465 e. The molecule has 7 nitrogen and oxygen atoms in total. The molecule has 1 saturated carbocycles. The van der Waals surface area contributed by atoms with Crippen molar-refractivity contribution in [3.63, 3.8) is 0 Å². The van der Waals surface area contributed by atoms with Gasteiger partial charge >= 0.3 is 6.09 Å². The van der Waals surface area contributed by atoms with Crippen LogP contribution >= 0.6 is 0 Å². The summed E-state index contributed by atoms with van der Waals surface area (Å²) in [6.07, 6.45) is 1.21. The van der Waals surface area contributed by atoms with Gasteiger partial charge in [-0.1, -0.05) is 12.1 Å². The number of hydrogen-bond donors (Lipinski definition) is 1. The number of hydrogen-bond acceptors (Lipinski definition) is 4. The summed E-state index contributed by atoms with van der Waals surface area (Å²) in [5.74, 6) is -0.743. The second-order valence-electron chi connectivity index (χ2n) is 6.50. The Bertz CT molecular complexity index is 716. The first-order valence-electron chi connectivity index (χ1n) is 8.27. The minimum atomic E-state index is -1.22. The molecule has 4 rings (SSSR count). The topological polar surface area (TPSA) is 81.2 Å². The lowest BCUT2D eigenvalue weighted by Gasteiger charge is -2.39. The summed E-state index contributed by atoms with van der Waals surface area (Å²) in [6, 6.07) is 6.98. The van der Waals surface area contributed by atoms with Gasteiger partial charge in [0.1, 0.15) is 0 Å². The summed E-state index contributed by atoms with van der Waals surface area (Å²) in [4.78, 5) is 41.3. The van der Waals surface area contributed by atoms with Crippen molar-refractivity contribution in [3.05, 3.63) is 24.3 Å². The predicted octanol–water partition coefficient (Wildman–Crippen LogP) is 1.32. The van der Waals surface area contributed by atoms with E-state index in [9.17, 15) is 19.5 Å². The number of fused-ring (bicyclic) bond motifs is 1. The summed E-state index contributed by atoms with van der Waals surface area (Å²) in [7, 11) is 0. The Kier molecular flexibility index (Phi) is 3.44. The van der Waals surface area contributed by atoms with Gasteiger partial charge in [-0.15, -0.1) is 0 Å². The van der Waals surface area contributed by atoms with Crippen molar-refractivity contribution in [2.24, 2.45) is 0 Å². The number of rotatable bonds is 2. The van der Waals surface area contributed by atoms with Gasteiger partial charge in [0.05, 0.1) is 11.4 Å². The molecule has 2 heterocycles. The maximum atomic E-state index is 13.0. The second kappa shape index (κ2) is 5.51. The van der Waals surface area contributed by atoms with Gasteiger partial charge in [0.15, 0.2) is 11.8 Å². The number of carbonyl (C=O) groups excluding carboxylic acids is 2. The van der Waals surface area contributed by atoms with Crippen LogP contribution in [0.4, 0.5) is 16.2 Å². The number of likely N-dealkylation sites (tertiary alicyclic amines) is 1. The molecule has 1 aromatic carbocycles. The first-order chi connectivity index (χ1) is 11.6. The van der Waals surface area contributed by atoms with Gasteiger partial charge in [0.2, 0.25) is 0 Å². The predicted molar refractivity (Wildman–Crippen MR) is 87.3 cm³/mol. The monoisotopic (exact) mass is 329 g/mol. The Hall–Kier alpha value is -2.57. The molecule has 1 aromatic rings. The van der Waals surface area contributed by atoms with Crippen LogP contribution in [0, 0.1) is 0 Å². The highest BCUT2D eigenvalue weighted by Crippen LogP contribution is 2.40. The third-order valence-corrected chi connectivity index (χ3v) is 5.00. The number of benzene rings is 1. The molecule has 2 fully saturated rings. The third-order valence-electron chi connectivity index (χ3n) is 5.00. The van der Waals surface area contributed by atoms with E-state index in [2.05, 4.69) is 4.90 Å². The first-order valence-corrected chi connectivity index (χ1v) is 8.27. The van der Waals surface area contributed by atoms with Gasteiger partial charge in [-0.05, 0) is 25.0 Å². The fraction of sp³-hybridized carbons (Fsp3) is 0.471. The fourth-order valence-corrected chi connectivity index (χ4v) is 3.67. The average molecular weight is 329 g/mol. The Balaban J connectivity index is 1.66. The molecule has 0 bridgehead atoms. The van der Waals surface area contributed by atoms with E-state index in [1.54, 1.807) is 4.90 Å². The lowest BCUT2D eigenvalue weighted by molar-refractivity contribution is -0.130. The van der Waals surface area contributed by atoms with Crippen LogP contribution in [0.5, 0.6) is 0 Å². The molecule has 1 unspecified atom stereocenters. The summed E-state index contributed by atoms with van der Waals surface area (Å²) in [5, 5.41) is 9.26. The van der Waals surface area contributed by atoms with E-state index in [4.69, 9.17) is 0 Å². The van der Waals surface area contributed by atoms with Gasteiger partial charge in [0, 0.05) is 32.1 Å². The minimum absolute atomic E-state index is 0.0915. The van der Waals surface area contributed by atoms with Crippen LogP contribution in [-0.4, -0.2) is 59.5 Å². The molecule has 24 heavy (non-hydrogen) atoms. The number of ketones is 1. The van der Waals surface area contributed by atoms with Crippen molar-refractivity contribution in [2.45, 2.75) is 31.3 Å². The number of nitrogens with zero attached hydrogens (tertiary/aromatic N) is 3. The Morgan fingerprint density at radius 3 is 2.42 bits per heavy atom. The molecule has 0 radical (unpaired) electrons. The molecular formula is C17H19N3O4. The molecule has 1 saturated heterocycles. The number of carbonyl (C=O) groups is 3. The van der Waals surface area contributed by atoms with Crippen LogP contribution in [0.3, 0.4) is 0 Å². The van der Waals surface area contributed by atoms with Crippen molar-refractivity contribution in [2.75, 3.05) is 29.4 Å². The van der Waals surface area contributed by atoms with E-state index in [-0.39, 0.29) is 18.7 Å². The van der Waals surface area contributed by atoms with Crippen molar-refractivity contribution < 1.29 is 19.5 Å². The number of para-hydroxylation sites is 2. The van der Waals surface area contributed by atoms with Gasteiger partial charge < -0.3 is 14.9 Å². The highest BCUT2D eigenvalue weighted by molar-refractivity contribution is 6.15.